The first kappa shape index (κ1) is 19.0. The number of aromatic nitrogens is 2. The van der Waals surface area contributed by atoms with E-state index in [9.17, 15) is 14.0 Å². The molecular formula is C20H17FN4O3S. The van der Waals surface area contributed by atoms with Crippen molar-refractivity contribution in [3.8, 4) is 11.3 Å². The summed E-state index contributed by atoms with van der Waals surface area (Å²) in [5.74, 6) is -0.449. The van der Waals surface area contributed by atoms with Crippen LogP contribution in [0.1, 0.15) is 16.8 Å². The lowest BCUT2D eigenvalue weighted by atomic mass is 10.1. The number of anilines is 2. The van der Waals surface area contributed by atoms with Gasteiger partial charge in [-0.25, -0.2) is 9.18 Å². The standard InChI is InChI=1S/C20H17FN4O3S/c1-28-20(27)14-9-11-29-19(14)25-10-8-16(18(25)26)22-17-7-6-15(23-24-17)12-2-4-13(21)5-3-12/h2-7,9,11,16H,8,10H2,1H3,(H,22,24). The van der Waals surface area contributed by atoms with Crippen molar-refractivity contribution in [2.24, 2.45) is 0 Å². The second-order valence-corrected chi connectivity index (χ2v) is 7.31. The molecule has 29 heavy (non-hydrogen) atoms. The number of benzene rings is 1. The summed E-state index contributed by atoms with van der Waals surface area (Å²) in [5, 5.41) is 13.7. The van der Waals surface area contributed by atoms with Gasteiger partial charge in [0.2, 0.25) is 5.91 Å². The van der Waals surface area contributed by atoms with Crippen LogP contribution in [0.4, 0.5) is 15.2 Å². The zero-order chi connectivity index (χ0) is 20.4. The normalized spacial score (nSPS) is 16.1. The van der Waals surface area contributed by atoms with Gasteiger partial charge in [-0.15, -0.1) is 21.5 Å². The molecule has 7 nitrogen and oxygen atoms in total. The summed E-state index contributed by atoms with van der Waals surface area (Å²) in [7, 11) is 1.31. The molecule has 1 atom stereocenters. The molecule has 1 unspecified atom stereocenters. The maximum Gasteiger partial charge on any atom is 0.340 e. The van der Waals surface area contributed by atoms with Gasteiger partial charge in [-0.1, -0.05) is 0 Å². The second kappa shape index (κ2) is 7.96. The molecule has 0 bridgehead atoms. The smallest absolute Gasteiger partial charge is 0.340 e. The van der Waals surface area contributed by atoms with Gasteiger partial charge in [0.05, 0.1) is 18.4 Å². The van der Waals surface area contributed by atoms with Gasteiger partial charge in [-0.3, -0.25) is 4.79 Å². The Balaban J connectivity index is 1.46. The van der Waals surface area contributed by atoms with Crippen molar-refractivity contribution in [3.63, 3.8) is 0 Å². The zero-order valence-corrected chi connectivity index (χ0v) is 16.3. The number of esters is 1. The summed E-state index contributed by atoms with van der Waals surface area (Å²) in [5.41, 5.74) is 1.74. The van der Waals surface area contributed by atoms with Crippen molar-refractivity contribution in [1.82, 2.24) is 10.2 Å². The van der Waals surface area contributed by atoms with Crippen LogP contribution in [0.25, 0.3) is 11.3 Å². The fraction of sp³-hybridized carbons (Fsp3) is 0.200. The lowest BCUT2D eigenvalue weighted by molar-refractivity contribution is -0.117. The molecule has 3 aromatic rings. The number of ether oxygens (including phenoxy) is 1. The van der Waals surface area contributed by atoms with Gasteiger partial charge in [0, 0.05) is 12.1 Å². The van der Waals surface area contributed by atoms with Crippen molar-refractivity contribution in [3.05, 3.63) is 59.2 Å². The first-order valence-corrected chi connectivity index (χ1v) is 9.78. The van der Waals surface area contributed by atoms with Crippen LogP contribution in [0.15, 0.2) is 47.8 Å². The monoisotopic (exact) mass is 412 g/mol. The molecule has 1 aromatic carbocycles. The Morgan fingerprint density at radius 2 is 2.00 bits per heavy atom. The molecule has 1 fully saturated rings. The van der Waals surface area contributed by atoms with E-state index < -0.39 is 12.0 Å². The highest BCUT2D eigenvalue weighted by Gasteiger charge is 2.35. The minimum atomic E-state index is -0.465. The summed E-state index contributed by atoms with van der Waals surface area (Å²) in [4.78, 5) is 26.3. The van der Waals surface area contributed by atoms with E-state index >= 15 is 0 Å². The molecule has 0 aliphatic carbocycles. The number of halogens is 1. The third-order valence-electron chi connectivity index (χ3n) is 4.63. The number of hydrogen-bond donors (Lipinski definition) is 1. The van der Waals surface area contributed by atoms with Crippen LogP contribution in [0, 0.1) is 5.82 Å². The summed E-state index contributed by atoms with van der Waals surface area (Å²) in [6.45, 7) is 0.488. The maximum absolute atomic E-state index is 13.0. The molecule has 148 valence electrons. The van der Waals surface area contributed by atoms with Gasteiger partial charge in [0.15, 0.2) is 0 Å². The summed E-state index contributed by atoms with van der Waals surface area (Å²) in [6, 6.07) is 10.7. The molecule has 1 aliphatic heterocycles. The van der Waals surface area contributed by atoms with Gasteiger partial charge < -0.3 is 15.0 Å². The number of amides is 1. The number of nitrogens with zero attached hydrogens (tertiary/aromatic N) is 3. The van der Waals surface area contributed by atoms with Crippen molar-refractivity contribution in [2.75, 3.05) is 23.9 Å². The number of rotatable bonds is 5. The van der Waals surface area contributed by atoms with Crippen molar-refractivity contribution >= 4 is 34.0 Å². The van der Waals surface area contributed by atoms with E-state index in [4.69, 9.17) is 4.74 Å². The average Bonchev–Trinajstić information content (AvgIpc) is 3.36. The lowest BCUT2D eigenvalue weighted by Gasteiger charge is -2.17. The first-order chi connectivity index (χ1) is 14.1. The quantitative estimate of drug-likeness (QED) is 0.647. The van der Waals surface area contributed by atoms with E-state index in [1.165, 1.54) is 30.6 Å². The van der Waals surface area contributed by atoms with Crippen LogP contribution in [0.5, 0.6) is 0 Å². The van der Waals surface area contributed by atoms with Gasteiger partial charge in [-0.2, -0.15) is 0 Å². The summed E-state index contributed by atoms with van der Waals surface area (Å²) in [6.07, 6.45) is 0.568. The van der Waals surface area contributed by atoms with Crippen molar-refractivity contribution < 1.29 is 18.7 Å². The van der Waals surface area contributed by atoms with Gasteiger partial charge in [0.25, 0.3) is 0 Å². The molecule has 1 saturated heterocycles. The highest BCUT2D eigenvalue weighted by atomic mass is 32.1. The van der Waals surface area contributed by atoms with Crippen LogP contribution in [-0.4, -0.2) is 41.8 Å². The molecule has 9 heteroatoms. The lowest BCUT2D eigenvalue weighted by Crippen LogP contribution is -2.34. The number of hydrogen-bond acceptors (Lipinski definition) is 7. The molecular weight excluding hydrogens is 395 g/mol. The van der Waals surface area contributed by atoms with E-state index in [0.29, 0.717) is 35.0 Å². The molecule has 4 rings (SSSR count). The first-order valence-electron chi connectivity index (χ1n) is 8.90. The third-order valence-corrected chi connectivity index (χ3v) is 5.56. The minimum absolute atomic E-state index is 0.137. The number of carbonyl (C=O) groups excluding carboxylic acids is 2. The van der Waals surface area contributed by atoms with E-state index in [1.807, 2.05) is 0 Å². The van der Waals surface area contributed by atoms with Crippen molar-refractivity contribution in [1.29, 1.82) is 0 Å². The molecule has 0 spiro atoms. The second-order valence-electron chi connectivity index (χ2n) is 6.42. The predicted octanol–water partition coefficient (Wildman–Crippen LogP) is 3.35. The largest absolute Gasteiger partial charge is 0.465 e. The summed E-state index contributed by atoms with van der Waals surface area (Å²) >= 11 is 1.32. The molecule has 0 saturated carbocycles. The van der Waals surface area contributed by atoms with E-state index in [2.05, 4.69) is 15.5 Å². The summed E-state index contributed by atoms with van der Waals surface area (Å²) < 4.78 is 17.8. The number of carbonyl (C=O) groups is 2. The predicted molar refractivity (Wildman–Crippen MR) is 107 cm³/mol. The van der Waals surface area contributed by atoms with Gasteiger partial charge in [0.1, 0.15) is 22.7 Å². The Morgan fingerprint density at radius 3 is 2.69 bits per heavy atom. The van der Waals surface area contributed by atoms with Crippen LogP contribution >= 0.6 is 11.3 Å². The molecule has 1 aliphatic rings. The number of thiophene rings is 1. The molecule has 0 radical (unpaired) electrons. The maximum atomic E-state index is 13.0. The highest BCUT2D eigenvalue weighted by Crippen LogP contribution is 2.32. The van der Waals surface area contributed by atoms with Crippen LogP contribution in [-0.2, 0) is 9.53 Å². The number of methoxy groups -OCH3 is 1. The zero-order valence-electron chi connectivity index (χ0n) is 15.5. The highest BCUT2D eigenvalue weighted by molar-refractivity contribution is 7.14. The molecule has 2 aromatic heterocycles. The molecule has 1 amide bonds. The Hall–Kier alpha value is -3.33. The van der Waals surface area contributed by atoms with Crippen LogP contribution in [0.2, 0.25) is 0 Å². The average molecular weight is 412 g/mol. The van der Waals surface area contributed by atoms with E-state index in [0.717, 1.165) is 5.56 Å². The Bertz CT molecular complexity index is 1040. The van der Waals surface area contributed by atoms with E-state index in [1.54, 1.807) is 40.6 Å². The fourth-order valence-electron chi connectivity index (χ4n) is 3.15. The van der Waals surface area contributed by atoms with Crippen molar-refractivity contribution in [2.45, 2.75) is 12.5 Å². The van der Waals surface area contributed by atoms with Gasteiger partial charge in [-0.05, 0) is 54.3 Å². The minimum Gasteiger partial charge on any atom is -0.465 e. The van der Waals surface area contributed by atoms with E-state index in [-0.39, 0.29) is 11.7 Å². The molecule has 3 heterocycles. The van der Waals surface area contributed by atoms with Crippen LogP contribution < -0.4 is 10.2 Å². The Kier molecular flexibility index (Phi) is 5.22. The number of nitrogens with one attached hydrogen (secondary N) is 1. The topological polar surface area (TPSA) is 84.4 Å². The molecule has 1 N–H and O–H groups in total. The Labute approximate surface area is 170 Å². The Morgan fingerprint density at radius 1 is 1.21 bits per heavy atom. The fourth-order valence-corrected chi connectivity index (χ4v) is 4.07. The van der Waals surface area contributed by atoms with Gasteiger partial charge >= 0.3 is 5.97 Å². The SMILES string of the molecule is COC(=O)c1ccsc1N1CCC(Nc2ccc(-c3ccc(F)cc3)nn2)C1=O. The third kappa shape index (κ3) is 3.81. The van der Waals surface area contributed by atoms with Crippen LogP contribution in [0.3, 0.4) is 0 Å².